The molecule has 4 saturated carbocycles. The maximum Gasteiger partial charge on any atom is 0.00723 e. The zero-order valence-corrected chi connectivity index (χ0v) is 13.4. The first-order valence-electron chi connectivity index (χ1n) is 9.07. The first-order valence-corrected chi connectivity index (χ1v) is 9.07. The van der Waals surface area contributed by atoms with E-state index in [1.165, 1.54) is 25.7 Å². The van der Waals surface area contributed by atoms with Crippen molar-refractivity contribution in [3.63, 3.8) is 0 Å². The molecule has 0 heterocycles. The summed E-state index contributed by atoms with van der Waals surface area (Å²) >= 11 is 0. The molecule has 0 aromatic rings. The second-order valence-electron chi connectivity index (χ2n) is 8.10. The molecule has 114 valence electrons. The van der Waals surface area contributed by atoms with Crippen LogP contribution in [0, 0.1) is 23.2 Å². The first-order chi connectivity index (χ1) is 9.73. The molecule has 1 heteroatoms. The molecule has 4 fully saturated rings. The molecule has 4 bridgehead atoms. The van der Waals surface area contributed by atoms with Gasteiger partial charge in [-0.1, -0.05) is 13.0 Å². The quantitative estimate of drug-likeness (QED) is 0.489. The largest absolute Gasteiger partial charge is 0.314 e. The van der Waals surface area contributed by atoms with Gasteiger partial charge >= 0.3 is 0 Å². The second kappa shape index (κ2) is 6.22. The molecule has 0 aromatic carbocycles. The fourth-order valence-electron chi connectivity index (χ4n) is 6.14. The Morgan fingerprint density at radius 2 is 1.75 bits per heavy atom. The fourth-order valence-corrected chi connectivity index (χ4v) is 6.14. The van der Waals surface area contributed by atoms with E-state index in [1.807, 2.05) is 0 Å². The molecular weight excluding hydrogens is 242 g/mol. The summed E-state index contributed by atoms with van der Waals surface area (Å²) in [5, 5.41) is 3.78. The van der Waals surface area contributed by atoms with Crippen molar-refractivity contribution in [1.29, 1.82) is 0 Å². The summed E-state index contributed by atoms with van der Waals surface area (Å²) in [6.45, 7) is 7.26. The van der Waals surface area contributed by atoms with E-state index >= 15 is 0 Å². The van der Waals surface area contributed by atoms with Crippen LogP contribution in [0.4, 0.5) is 0 Å². The Kier molecular flexibility index (Phi) is 4.55. The van der Waals surface area contributed by atoms with Crippen LogP contribution in [0.25, 0.3) is 0 Å². The minimum atomic E-state index is 0.732. The van der Waals surface area contributed by atoms with Crippen LogP contribution in [0.5, 0.6) is 0 Å². The number of nitrogens with one attached hydrogen (secondary N) is 1. The molecule has 0 amide bonds. The van der Waals surface area contributed by atoms with Crippen molar-refractivity contribution in [3.8, 4) is 0 Å². The van der Waals surface area contributed by atoms with Gasteiger partial charge in [0.25, 0.3) is 0 Å². The number of hydrogen-bond donors (Lipinski definition) is 1. The van der Waals surface area contributed by atoms with Gasteiger partial charge in [0, 0.05) is 6.04 Å². The Morgan fingerprint density at radius 3 is 2.25 bits per heavy atom. The van der Waals surface area contributed by atoms with Gasteiger partial charge in [-0.05, 0) is 93.9 Å². The standard InChI is InChI=1S/C19H33N/c1-3-5-6-7-18(20-4-2)14-19-11-15-8-16(12-19)10-17(9-15)13-19/h3,15-18,20H,1,4-14H2,2H3. The zero-order chi connectivity index (χ0) is 14.0. The third kappa shape index (κ3) is 3.13. The van der Waals surface area contributed by atoms with Gasteiger partial charge in [-0.3, -0.25) is 0 Å². The van der Waals surface area contributed by atoms with E-state index in [0.717, 1.165) is 35.8 Å². The van der Waals surface area contributed by atoms with Crippen molar-refractivity contribution in [2.75, 3.05) is 6.54 Å². The highest BCUT2D eigenvalue weighted by molar-refractivity contribution is 5.02. The molecule has 0 spiro atoms. The van der Waals surface area contributed by atoms with Gasteiger partial charge in [-0.2, -0.15) is 0 Å². The lowest BCUT2D eigenvalue weighted by atomic mass is 9.48. The number of allylic oxidation sites excluding steroid dienone is 1. The van der Waals surface area contributed by atoms with Crippen molar-refractivity contribution in [2.45, 2.75) is 77.2 Å². The van der Waals surface area contributed by atoms with Crippen LogP contribution in [0.2, 0.25) is 0 Å². The maximum absolute atomic E-state index is 3.86. The summed E-state index contributed by atoms with van der Waals surface area (Å²) in [7, 11) is 0. The van der Waals surface area contributed by atoms with Crippen molar-refractivity contribution < 1.29 is 0 Å². The lowest BCUT2D eigenvalue weighted by Crippen LogP contribution is -2.48. The lowest BCUT2D eigenvalue weighted by Gasteiger charge is -2.57. The summed E-state index contributed by atoms with van der Waals surface area (Å²) in [6.07, 6.45) is 16.8. The summed E-state index contributed by atoms with van der Waals surface area (Å²) in [5.74, 6) is 3.28. The Balaban J connectivity index is 1.60. The van der Waals surface area contributed by atoms with Crippen LogP contribution >= 0.6 is 0 Å². The third-order valence-corrected chi connectivity index (χ3v) is 6.30. The zero-order valence-electron chi connectivity index (χ0n) is 13.4. The van der Waals surface area contributed by atoms with E-state index < -0.39 is 0 Å². The summed E-state index contributed by atoms with van der Waals surface area (Å²) in [6, 6.07) is 0.760. The Bertz CT molecular complexity index is 297. The molecule has 1 atom stereocenters. The summed E-state index contributed by atoms with van der Waals surface area (Å²) < 4.78 is 0. The summed E-state index contributed by atoms with van der Waals surface area (Å²) in [4.78, 5) is 0. The van der Waals surface area contributed by atoms with E-state index in [1.54, 1.807) is 38.5 Å². The van der Waals surface area contributed by atoms with E-state index in [4.69, 9.17) is 0 Å². The van der Waals surface area contributed by atoms with E-state index in [-0.39, 0.29) is 0 Å². The average molecular weight is 275 g/mol. The highest BCUT2D eigenvalue weighted by atomic mass is 14.9. The fraction of sp³-hybridized carbons (Fsp3) is 0.895. The van der Waals surface area contributed by atoms with Crippen LogP contribution in [-0.2, 0) is 0 Å². The molecular formula is C19H33N. The number of rotatable bonds is 8. The van der Waals surface area contributed by atoms with Gasteiger partial charge in [0.2, 0.25) is 0 Å². The van der Waals surface area contributed by atoms with Crippen LogP contribution in [-0.4, -0.2) is 12.6 Å². The van der Waals surface area contributed by atoms with Crippen molar-refractivity contribution >= 4 is 0 Å². The molecule has 0 aromatic heterocycles. The van der Waals surface area contributed by atoms with Gasteiger partial charge in [0.05, 0.1) is 0 Å². The van der Waals surface area contributed by atoms with Crippen LogP contribution in [0.1, 0.15) is 71.1 Å². The van der Waals surface area contributed by atoms with Gasteiger partial charge < -0.3 is 5.32 Å². The monoisotopic (exact) mass is 275 g/mol. The highest BCUT2D eigenvalue weighted by Gasteiger charge is 2.51. The van der Waals surface area contributed by atoms with Gasteiger partial charge in [-0.15, -0.1) is 6.58 Å². The molecule has 20 heavy (non-hydrogen) atoms. The lowest BCUT2D eigenvalue weighted by molar-refractivity contribution is -0.0623. The topological polar surface area (TPSA) is 12.0 Å². The predicted molar refractivity (Wildman–Crippen MR) is 86.7 cm³/mol. The first kappa shape index (κ1) is 14.6. The van der Waals surface area contributed by atoms with Crippen molar-refractivity contribution in [1.82, 2.24) is 5.32 Å². The van der Waals surface area contributed by atoms with Crippen molar-refractivity contribution in [3.05, 3.63) is 12.7 Å². The van der Waals surface area contributed by atoms with Gasteiger partial charge in [-0.25, -0.2) is 0 Å². The Morgan fingerprint density at radius 1 is 1.15 bits per heavy atom. The van der Waals surface area contributed by atoms with E-state index in [0.29, 0.717) is 0 Å². The van der Waals surface area contributed by atoms with Gasteiger partial charge in [0.1, 0.15) is 0 Å². The maximum atomic E-state index is 3.86. The van der Waals surface area contributed by atoms with E-state index in [9.17, 15) is 0 Å². The SMILES string of the molecule is C=CCCCC(CC12CC3CC(CC(C3)C1)C2)NCC. The Hall–Kier alpha value is -0.300. The number of unbranched alkanes of at least 4 members (excludes halogenated alkanes) is 1. The average Bonchev–Trinajstić information content (AvgIpc) is 2.37. The van der Waals surface area contributed by atoms with Crippen molar-refractivity contribution in [2.24, 2.45) is 23.2 Å². The van der Waals surface area contributed by atoms with Gasteiger partial charge in [0.15, 0.2) is 0 Å². The Labute approximate surface area is 125 Å². The molecule has 4 rings (SSSR count). The smallest absolute Gasteiger partial charge is 0.00723 e. The molecule has 4 aliphatic carbocycles. The van der Waals surface area contributed by atoms with E-state index in [2.05, 4.69) is 24.9 Å². The van der Waals surface area contributed by atoms with Crippen LogP contribution in [0.3, 0.4) is 0 Å². The third-order valence-electron chi connectivity index (χ3n) is 6.30. The van der Waals surface area contributed by atoms with Crippen LogP contribution < -0.4 is 5.32 Å². The molecule has 1 unspecified atom stereocenters. The predicted octanol–water partition coefficient (Wildman–Crippen LogP) is 4.93. The minimum absolute atomic E-state index is 0.732. The normalized spacial score (nSPS) is 40.0. The molecule has 0 aliphatic heterocycles. The molecule has 0 saturated heterocycles. The summed E-state index contributed by atoms with van der Waals surface area (Å²) in [5.41, 5.74) is 0.732. The second-order valence-corrected chi connectivity index (χ2v) is 8.10. The minimum Gasteiger partial charge on any atom is -0.314 e. The number of hydrogen-bond acceptors (Lipinski definition) is 1. The van der Waals surface area contributed by atoms with Crippen LogP contribution in [0.15, 0.2) is 12.7 Å². The molecule has 1 nitrogen and oxygen atoms in total. The molecule has 0 radical (unpaired) electrons. The molecule has 1 N–H and O–H groups in total. The highest BCUT2D eigenvalue weighted by Crippen LogP contribution is 2.61. The molecule has 4 aliphatic rings.